The van der Waals surface area contributed by atoms with Crippen LogP contribution in [-0.4, -0.2) is 34.9 Å². The van der Waals surface area contributed by atoms with Crippen LogP contribution in [0.5, 0.6) is 0 Å². The lowest BCUT2D eigenvalue weighted by atomic mass is 10.2. The zero-order valence-corrected chi connectivity index (χ0v) is 4.82. The Morgan fingerprint density at radius 3 is 2.22 bits per heavy atom. The molecule has 0 saturated heterocycles. The van der Waals surface area contributed by atoms with Crippen LogP contribution in [0.3, 0.4) is 0 Å². The van der Waals surface area contributed by atoms with Gasteiger partial charge >= 0.3 is 5.97 Å². The molecule has 0 aromatic carbocycles. The van der Waals surface area contributed by atoms with Crippen molar-refractivity contribution in [2.45, 2.75) is 12.1 Å². The van der Waals surface area contributed by atoms with E-state index in [1.54, 1.807) is 0 Å². The van der Waals surface area contributed by atoms with Crippen molar-refractivity contribution in [1.82, 2.24) is 0 Å². The van der Waals surface area contributed by atoms with E-state index in [0.29, 0.717) is 0 Å². The maximum atomic E-state index is 9.96. The van der Waals surface area contributed by atoms with Gasteiger partial charge in [0.05, 0.1) is 6.10 Å². The first-order valence-electron chi connectivity index (χ1n) is 2.46. The topological polar surface area (TPSA) is 110 Å². The number of aliphatic hydroxyl groups excluding tert-OH is 1. The van der Waals surface area contributed by atoms with E-state index in [0.717, 1.165) is 0 Å². The lowest BCUT2D eigenvalue weighted by Crippen LogP contribution is -2.45. The maximum Gasteiger partial charge on any atom is 0.323 e. The molecule has 2 unspecified atom stereocenters. The molecule has 0 saturated carbocycles. The fraction of sp³-hybridized carbons (Fsp3) is 0.750. The largest absolute Gasteiger partial charge is 0.480 e. The Morgan fingerprint density at radius 2 is 2.11 bits per heavy atom. The molecule has 0 spiro atoms. The standard InChI is InChI=1S/C4H10N2O3/c5-1-2(7)3(6)4(8)9/h2-3,7H,1,5-6H2,(H,8,9). The third-order valence-electron chi connectivity index (χ3n) is 0.941. The van der Waals surface area contributed by atoms with Gasteiger partial charge in [-0.05, 0) is 0 Å². The summed E-state index contributed by atoms with van der Waals surface area (Å²) in [6, 6.07) is -1.27. The van der Waals surface area contributed by atoms with Crippen molar-refractivity contribution in [3.8, 4) is 0 Å². The summed E-state index contributed by atoms with van der Waals surface area (Å²) in [5, 5.41) is 16.8. The Kier molecular flexibility index (Phi) is 3.15. The highest BCUT2D eigenvalue weighted by Crippen LogP contribution is 1.85. The first kappa shape index (κ1) is 8.35. The predicted molar refractivity (Wildman–Crippen MR) is 30.7 cm³/mol. The van der Waals surface area contributed by atoms with Gasteiger partial charge in [-0.2, -0.15) is 0 Å². The van der Waals surface area contributed by atoms with Crippen LogP contribution in [-0.2, 0) is 4.79 Å². The fourth-order valence-corrected chi connectivity index (χ4v) is 0.311. The molecular formula is C4H10N2O3. The fourth-order valence-electron chi connectivity index (χ4n) is 0.311. The van der Waals surface area contributed by atoms with E-state index < -0.39 is 18.1 Å². The van der Waals surface area contributed by atoms with Crippen LogP contribution in [0.4, 0.5) is 0 Å². The average molecular weight is 134 g/mol. The second-order valence-electron chi connectivity index (χ2n) is 1.67. The molecule has 0 amide bonds. The van der Waals surface area contributed by atoms with Gasteiger partial charge < -0.3 is 21.7 Å². The van der Waals surface area contributed by atoms with Crippen LogP contribution in [0.1, 0.15) is 0 Å². The maximum absolute atomic E-state index is 9.96. The summed E-state index contributed by atoms with van der Waals surface area (Å²) in [7, 11) is 0. The Balaban J connectivity index is 3.72. The molecule has 0 radical (unpaired) electrons. The highest BCUT2D eigenvalue weighted by molar-refractivity contribution is 5.73. The van der Waals surface area contributed by atoms with Crippen LogP contribution in [0.15, 0.2) is 0 Å². The third kappa shape index (κ3) is 2.41. The molecule has 0 aliphatic carbocycles. The van der Waals surface area contributed by atoms with Gasteiger partial charge in [0.1, 0.15) is 6.04 Å². The number of rotatable bonds is 3. The van der Waals surface area contributed by atoms with Crippen LogP contribution >= 0.6 is 0 Å². The Labute approximate surface area is 52.3 Å². The molecule has 0 aromatic rings. The summed E-state index contributed by atoms with van der Waals surface area (Å²) >= 11 is 0. The molecule has 5 nitrogen and oxygen atoms in total. The zero-order chi connectivity index (χ0) is 7.44. The third-order valence-corrected chi connectivity index (χ3v) is 0.941. The molecule has 0 aliphatic rings. The highest BCUT2D eigenvalue weighted by atomic mass is 16.4. The summed E-state index contributed by atoms with van der Waals surface area (Å²) in [5.41, 5.74) is 9.86. The number of nitrogens with two attached hydrogens (primary N) is 2. The SMILES string of the molecule is NCC(O)C(N)C(=O)O. The van der Waals surface area contributed by atoms with Gasteiger partial charge in [0.2, 0.25) is 0 Å². The molecule has 2 atom stereocenters. The molecule has 0 heterocycles. The van der Waals surface area contributed by atoms with Crippen molar-refractivity contribution in [2.24, 2.45) is 11.5 Å². The van der Waals surface area contributed by atoms with Crippen molar-refractivity contribution >= 4 is 5.97 Å². The smallest absolute Gasteiger partial charge is 0.323 e. The molecule has 0 rings (SSSR count). The van der Waals surface area contributed by atoms with Crippen molar-refractivity contribution < 1.29 is 15.0 Å². The minimum Gasteiger partial charge on any atom is -0.480 e. The van der Waals surface area contributed by atoms with E-state index in [1.807, 2.05) is 0 Å². The van der Waals surface area contributed by atoms with Gasteiger partial charge in [-0.15, -0.1) is 0 Å². The van der Waals surface area contributed by atoms with Crippen LogP contribution in [0.25, 0.3) is 0 Å². The minimum atomic E-state index is -1.27. The van der Waals surface area contributed by atoms with E-state index in [2.05, 4.69) is 0 Å². The van der Waals surface area contributed by atoms with Crippen molar-refractivity contribution in [3.63, 3.8) is 0 Å². The Bertz CT molecular complexity index is 106. The summed E-state index contributed by atoms with van der Waals surface area (Å²) < 4.78 is 0. The first-order chi connectivity index (χ1) is 4.09. The van der Waals surface area contributed by atoms with Gasteiger partial charge in [0, 0.05) is 6.54 Å². The lowest BCUT2D eigenvalue weighted by Gasteiger charge is -2.10. The predicted octanol–water partition coefficient (Wildman–Crippen LogP) is -2.28. The van der Waals surface area contributed by atoms with Crippen LogP contribution in [0.2, 0.25) is 0 Å². The summed E-state index contributed by atoms with van der Waals surface area (Å²) in [6.45, 7) is -0.131. The molecule has 0 aromatic heterocycles. The quantitative estimate of drug-likeness (QED) is 0.347. The number of carboxylic acids is 1. The second kappa shape index (κ2) is 3.39. The number of carbonyl (C=O) groups is 1. The summed E-state index contributed by atoms with van der Waals surface area (Å²) in [4.78, 5) is 9.96. The van der Waals surface area contributed by atoms with Gasteiger partial charge in [-0.25, -0.2) is 0 Å². The molecule has 0 aliphatic heterocycles. The van der Waals surface area contributed by atoms with E-state index in [-0.39, 0.29) is 6.54 Å². The summed E-state index contributed by atoms with van der Waals surface area (Å²) in [5.74, 6) is -1.24. The normalized spacial score (nSPS) is 16.8. The minimum absolute atomic E-state index is 0.131. The van der Waals surface area contributed by atoms with Crippen molar-refractivity contribution in [3.05, 3.63) is 0 Å². The molecule has 6 N–H and O–H groups in total. The zero-order valence-electron chi connectivity index (χ0n) is 4.82. The van der Waals surface area contributed by atoms with Gasteiger partial charge in [-0.3, -0.25) is 4.79 Å². The Hall–Kier alpha value is -0.650. The van der Waals surface area contributed by atoms with Crippen LogP contribution in [0, 0.1) is 0 Å². The lowest BCUT2D eigenvalue weighted by molar-refractivity contribution is -0.141. The monoisotopic (exact) mass is 134 g/mol. The molecular weight excluding hydrogens is 124 g/mol. The average Bonchev–Trinajstić information content (AvgIpc) is 1.84. The van der Waals surface area contributed by atoms with E-state index in [9.17, 15) is 4.79 Å². The molecule has 9 heavy (non-hydrogen) atoms. The van der Waals surface area contributed by atoms with Gasteiger partial charge in [0.25, 0.3) is 0 Å². The van der Waals surface area contributed by atoms with Crippen molar-refractivity contribution in [1.29, 1.82) is 0 Å². The number of carboxylic acid groups (broad SMARTS) is 1. The second-order valence-corrected chi connectivity index (χ2v) is 1.67. The summed E-state index contributed by atoms with van der Waals surface area (Å²) in [6.07, 6.45) is -1.15. The Morgan fingerprint density at radius 1 is 1.67 bits per heavy atom. The highest BCUT2D eigenvalue weighted by Gasteiger charge is 2.19. The van der Waals surface area contributed by atoms with Gasteiger partial charge in [0.15, 0.2) is 0 Å². The first-order valence-corrected chi connectivity index (χ1v) is 2.46. The van der Waals surface area contributed by atoms with E-state index in [1.165, 1.54) is 0 Å². The van der Waals surface area contributed by atoms with Crippen molar-refractivity contribution in [2.75, 3.05) is 6.54 Å². The molecule has 5 heteroatoms. The van der Waals surface area contributed by atoms with E-state index >= 15 is 0 Å². The molecule has 0 bridgehead atoms. The molecule has 54 valence electrons. The number of hydrogen-bond acceptors (Lipinski definition) is 4. The van der Waals surface area contributed by atoms with Crippen LogP contribution < -0.4 is 11.5 Å². The van der Waals surface area contributed by atoms with E-state index in [4.69, 9.17) is 21.7 Å². The number of aliphatic carboxylic acids is 1. The number of hydrogen-bond donors (Lipinski definition) is 4. The number of aliphatic hydroxyl groups is 1. The molecule has 0 fully saturated rings. The van der Waals surface area contributed by atoms with Gasteiger partial charge in [-0.1, -0.05) is 0 Å².